The third kappa shape index (κ3) is 9.16. The van der Waals surface area contributed by atoms with Gasteiger partial charge in [-0.15, -0.1) is 0 Å². The highest BCUT2D eigenvalue weighted by molar-refractivity contribution is 7.99. The summed E-state index contributed by atoms with van der Waals surface area (Å²) in [5.74, 6) is 11.5. The predicted molar refractivity (Wildman–Crippen MR) is 155 cm³/mol. The normalized spacial score (nSPS) is 11.2. The van der Waals surface area contributed by atoms with Crippen molar-refractivity contribution >= 4 is 17.7 Å². The van der Waals surface area contributed by atoms with Gasteiger partial charge in [0.2, 0.25) is 0 Å². The van der Waals surface area contributed by atoms with E-state index >= 15 is 0 Å². The standard InChI is InChI=1S/C34H23F6NO2S/c1-3-4-32(42)43-30-18-17-29(19-22(30)2)44-31-21-25(6-5-23-7-12-26(13-8-23)33(35,36)37)20-28(41-31)16-11-24-9-14-27(15-10-24)34(38,39)40/h7-10,12-15,17-21H,3-4H2,1-2H3. The Kier molecular flexibility index (Phi) is 10.1. The molecule has 0 fully saturated rings. The summed E-state index contributed by atoms with van der Waals surface area (Å²) in [5.41, 5.74) is 0.633. The summed E-state index contributed by atoms with van der Waals surface area (Å²) in [4.78, 5) is 17.2. The van der Waals surface area contributed by atoms with Gasteiger partial charge in [0.05, 0.1) is 11.1 Å². The molecule has 1 aromatic heterocycles. The largest absolute Gasteiger partial charge is 0.426 e. The molecule has 0 N–H and O–H groups in total. The molecule has 0 bridgehead atoms. The quantitative estimate of drug-likeness (QED) is 0.0963. The number of nitrogens with zero attached hydrogens (tertiary/aromatic N) is 1. The van der Waals surface area contributed by atoms with Gasteiger partial charge in [0, 0.05) is 28.0 Å². The number of alkyl halides is 6. The lowest BCUT2D eigenvalue weighted by Crippen LogP contribution is -2.07. The van der Waals surface area contributed by atoms with Crippen LogP contribution in [-0.2, 0) is 17.1 Å². The Morgan fingerprint density at radius 2 is 1.30 bits per heavy atom. The molecule has 0 unspecified atom stereocenters. The molecule has 0 saturated heterocycles. The van der Waals surface area contributed by atoms with Crippen LogP contribution in [0.15, 0.2) is 88.8 Å². The molecule has 0 amide bonds. The molecule has 0 radical (unpaired) electrons. The molecule has 3 nitrogen and oxygen atoms in total. The van der Waals surface area contributed by atoms with Gasteiger partial charge in [-0.25, -0.2) is 4.98 Å². The maximum atomic E-state index is 12.9. The smallest absolute Gasteiger partial charge is 0.416 e. The SMILES string of the molecule is CCCC(=O)Oc1ccc(Sc2cc(C#Cc3ccc(C(F)(F)F)cc3)cc(C#Cc3ccc(C(F)(F)F)cc3)n2)cc1C. The Morgan fingerprint density at radius 1 is 0.750 bits per heavy atom. The number of carbonyl (C=O) groups is 1. The molecule has 0 aliphatic carbocycles. The van der Waals surface area contributed by atoms with Gasteiger partial charge in [0.15, 0.2) is 0 Å². The fraction of sp³-hybridized carbons (Fsp3) is 0.176. The number of halogens is 6. The third-order valence-corrected chi connectivity index (χ3v) is 6.87. The topological polar surface area (TPSA) is 39.2 Å². The van der Waals surface area contributed by atoms with Crippen LogP contribution in [0.2, 0.25) is 0 Å². The number of hydrogen-bond donors (Lipinski definition) is 0. The average Bonchev–Trinajstić information content (AvgIpc) is 2.96. The molecule has 4 rings (SSSR count). The van der Waals surface area contributed by atoms with Gasteiger partial charge in [-0.2, -0.15) is 26.3 Å². The van der Waals surface area contributed by atoms with E-state index in [0.29, 0.717) is 40.3 Å². The Labute approximate surface area is 254 Å². The highest BCUT2D eigenvalue weighted by Gasteiger charge is 2.30. The van der Waals surface area contributed by atoms with Crippen LogP contribution in [0.25, 0.3) is 0 Å². The molecule has 44 heavy (non-hydrogen) atoms. The van der Waals surface area contributed by atoms with Gasteiger partial charge in [0.25, 0.3) is 0 Å². The van der Waals surface area contributed by atoms with Crippen LogP contribution in [0.5, 0.6) is 5.75 Å². The van der Waals surface area contributed by atoms with Crippen LogP contribution in [0.4, 0.5) is 26.3 Å². The van der Waals surface area contributed by atoms with E-state index in [4.69, 9.17) is 4.74 Å². The van der Waals surface area contributed by atoms with E-state index in [-0.39, 0.29) is 11.7 Å². The first-order chi connectivity index (χ1) is 20.8. The Morgan fingerprint density at radius 3 is 1.82 bits per heavy atom. The number of esters is 1. The molecule has 0 atom stereocenters. The summed E-state index contributed by atoms with van der Waals surface area (Å²) in [7, 11) is 0. The second kappa shape index (κ2) is 13.7. The first-order valence-electron chi connectivity index (χ1n) is 13.2. The van der Waals surface area contributed by atoms with E-state index in [1.54, 1.807) is 31.2 Å². The van der Waals surface area contributed by atoms with E-state index in [9.17, 15) is 31.1 Å². The predicted octanol–water partition coefficient (Wildman–Crippen LogP) is 9.08. The molecule has 0 aliphatic heterocycles. The van der Waals surface area contributed by atoms with Gasteiger partial charge in [-0.3, -0.25) is 4.79 Å². The molecule has 0 aliphatic rings. The number of rotatable bonds is 5. The van der Waals surface area contributed by atoms with E-state index in [1.165, 1.54) is 36.0 Å². The zero-order valence-corrected chi connectivity index (χ0v) is 24.2. The first-order valence-corrected chi connectivity index (χ1v) is 14.0. The third-order valence-electron chi connectivity index (χ3n) is 5.96. The molecular formula is C34H23F6NO2S. The van der Waals surface area contributed by atoms with Crippen molar-refractivity contribution in [1.82, 2.24) is 4.98 Å². The lowest BCUT2D eigenvalue weighted by atomic mass is 10.1. The van der Waals surface area contributed by atoms with Gasteiger partial charge in [0.1, 0.15) is 16.5 Å². The van der Waals surface area contributed by atoms with Crippen molar-refractivity contribution in [2.75, 3.05) is 0 Å². The van der Waals surface area contributed by atoms with E-state index in [2.05, 4.69) is 28.7 Å². The average molecular weight is 624 g/mol. The minimum Gasteiger partial charge on any atom is -0.426 e. The fourth-order valence-corrected chi connectivity index (χ4v) is 4.70. The fourth-order valence-electron chi connectivity index (χ4n) is 3.76. The van der Waals surface area contributed by atoms with Crippen LogP contribution in [0, 0.1) is 30.6 Å². The Hall–Kier alpha value is -4.67. The number of ether oxygens (including phenoxy) is 1. The molecule has 0 spiro atoms. The zero-order valence-electron chi connectivity index (χ0n) is 23.4. The van der Waals surface area contributed by atoms with Crippen molar-refractivity contribution < 1.29 is 35.9 Å². The maximum Gasteiger partial charge on any atom is 0.416 e. The number of aryl methyl sites for hydroxylation is 1. The van der Waals surface area contributed by atoms with Crippen molar-refractivity contribution in [3.8, 4) is 29.4 Å². The highest BCUT2D eigenvalue weighted by atomic mass is 32.2. The van der Waals surface area contributed by atoms with Crippen LogP contribution in [0.1, 0.15) is 58.8 Å². The van der Waals surface area contributed by atoms with E-state index < -0.39 is 23.5 Å². The maximum absolute atomic E-state index is 12.9. The summed E-state index contributed by atoms with van der Waals surface area (Å²) in [6.45, 7) is 3.68. The summed E-state index contributed by atoms with van der Waals surface area (Å²) in [6.07, 6.45) is -7.96. The summed E-state index contributed by atoms with van der Waals surface area (Å²) >= 11 is 1.28. The van der Waals surface area contributed by atoms with E-state index in [0.717, 1.165) is 34.7 Å². The molecular weight excluding hydrogens is 600 g/mol. The summed E-state index contributed by atoms with van der Waals surface area (Å²) < 4.78 is 82.8. The van der Waals surface area contributed by atoms with Crippen molar-refractivity contribution in [3.63, 3.8) is 0 Å². The number of pyridine rings is 1. The molecule has 4 aromatic rings. The summed E-state index contributed by atoms with van der Waals surface area (Å²) in [5, 5.41) is 0.496. The van der Waals surface area contributed by atoms with Crippen LogP contribution in [0.3, 0.4) is 0 Å². The van der Waals surface area contributed by atoms with Crippen LogP contribution < -0.4 is 4.74 Å². The monoisotopic (exact) mass is 623 g/mol. The molecule has 10 heteroatoms. The van der Waals surface area contributed by atoms with Gasteiger partial charge in [-0.1, -0.05) is 36.4 Å². The van der Waals surface area contributed by atoms with Crippen LogP contribution >= 0.6 is 11.8 Å². The lowest BCUT2D eigenvalue weighted by molar-refractivity contribution is -0.138. The summed E-state index contributed by atoms with van der Waals surface area (Å²) in [6, 6.07) is 17.4. The van der Waals surface area contributed by atoms with Crippen molar-refractivity contribution in [3.05, 3.63) is 118 Å². The van der Waals surface area contributed by atoms with Gasteiger partial charge >= 0.3 is 18.3 Å². The minimum absolute atomic E-state index is 0.286. The van der Waals surface area contributed by atoms with Crippen molar-refractivity contribution in [1.29, 1.82) is 0 Å². The number of carbonyl (C=O) groups excluding carboxylic acids is 1. The molecule has 1 heterocycles. The highest BCUT2D eigenvalue weighted by Crippen LogP contribution is 2.32. The van der Waals surface area contributed by atoms with Crippen molar-refractivity contribution in [2.45, 2.75) is 49.0 Å². The first kappa shape index (κ1) is 32.2. The Balaban J connectivity index is 1.65. The zero-order chi connectivity index (χ0) is 31.9. The minimum atomic E-state index is -4.46. The molecule has 3 aromatic carbocycles. The van der Waals surface area contributed by atoms with E-state index in [1.807, 2.05) is 13.0 Å². The van der Waals surface area contributed by atoms with Crippen molar-refractivity contribution in [2.24, 2.45) is 0 Å². The number of benzene rings is 3. The van der Waals surface area contributed by atoms with Crippen LogP contribution in [-0.4, -0.2) is 11.0 Å². The molecule has 224 valence electrons. The number of aromatic nitrogens is 1. The molecule has 0 saturated carbocycles. The second-order valence-corrected chi connectivity index (χ2v) is 10.6. The Bertz CT molecular complexity index is 1680. The second-order valence-electron chi connectivity index (χ2n) is 9.48. The lowest BCUT2D eigenvalue weighted by Gasteiger charge is -2.09. The number of hydrogen-bond acceptors (Lipinski definition) is 4. The van der Waals surface area contributed by atoms with Gasteiger partial charge < -0.3 is 4.74 Å². The van der Waals surface area contributed by atoms with Gasteiger partial charge in [-0.05, 0) is 104 Å².